The van der Waals surface area contributed by atoms with Crippen molar-refractivity contribution in [3.05, 3.63) is 41.6 Å². The second-order valence-corrected chi connectivity index (χ2v) is 6.43. The fourth-order valence-electron chi connectivity index (χ4n) is 1.94. The Morgan fingerprint density at radius 2 is 1.83 bits per heavy atom. The van der Waals surface area contributed by atoms with E-state index in [-0.39, 0.29) is 5.54 Å². The van der Waals surface area contributed by atoms with E-state index in [4.69, 9.17) is 4.99 Å². The highest BCUT2D eigenvalue weighted by Crippen LogP contribution is 2.24. The van der Waals surface area contributed by atoms with E-state index in [0.717, 1.165) is 17.8 Å². The Hall–Kier alpha value is -2.01. The molecule has 0 saturated carbocycles. The van der Waals surface area contributed by atoms with Crippen molar-refractivity contribution < 1.29 is 0 Å². The van der Waals surface area contributed by atoms with E-state index in [1.165, 1.54) is 5.56 Å². The monoisotopic (exact) mass is 326 g/mol. The molecule has 0 bridgehead atoms. The SMILES string of the molecule is CC#CC.CCC(C)(N=C/C=C(/C)Nc1ccccc1C)C(C)C. The van der Waals surface area contributed by atoms with Gasteiger partial charge in [-0.25, -0.2) is 0 Å². The zero-order valence-electron chi connectivity index (χ0n) is 16.7. The third-order valence-corrected chi connectivity index (χ3v) is 4.38. The molecule has 0 saturated heterocycles. The Balaban J connectivity index is 0.00000118. The van der Waals surface area contributed by atoms with Crippen LogP contribution in [0, 0.1) is 24.7 Å². The molecular weight excluding hydrogens is 292 g/mol. The van der Waals surface area contributed by atoms with Gasteiger partial charge in [0.05, 0.1) is 5.54 Å². The lowest BCUT2D eigenvalue weighted by molar-refractivity contribution is 0.334. The average Bonchev–Trinajstić information content (AvgIpc) is 2.56. The quantitative estimate of drug-likeness (QED) is 0.486. The summed E-state index contributed by atoms with van der Waals surface area (Å²) in [5.74, 6) is 5.90. The van der Waals surface area contributed by atoms with Crippen LogP contribution >= 0.6 is 0 Å². The summed E-state index contributed by atoms with van der Waals surface area (Å²) in [5.41, 5.74) is 3.53. The molecule has 1 unspecified atom stereocenters. The average molecular weight is 327 g/mol. The fraction of sp³-hybridized carbons (Fsp3) is 0.500. The van der Waals surface area contributed by atoms with Crippen molar-refractivity contribution in [1.82, 2.24) is 0 Å². The van der Waals surface area contributed by atoms with Gasteiger partial charge < -0.3 is 5.32 Å². The van der Waals surface area contributed by atoms with Crippen LogP contribution in [0.25, 0.3) is 0 Å². The smallest absolute Gasteiger partial charge is 0.0600 e. The lowest BCUT2D eigenvalue weighted by Crippen LogP contribution is -2.27. The molecule has 0 spiro atoms. The van der Waals surface area contributed by atoms with Crippen molar-refractivity contribution in [2.75, 3.05) is 5.32 Å². The highest BCUT2D eigenvalue weighted by atomic mass is 14.9. The van der Waals surface area contributed by atoms with Gasteiger partial charge in [0.15, 0.2) is 0 Å². The maximum absolute atomic E-state index is 4.74. The minimum atomic E-state index is 0.0272. The van der Waals surface area contributed by atoms with Crippen LogP contribution in [0.5, 0.6) is 0 Å². The third kappa shape index (κ3) is 8.02. The number of allylic oxidation sites excluding steroid dienone is 2. The first-order chi connectivity index (χ1) is 11.3. The summed E-state index contributed by atoms with van der Waals surface area (Å²) in [5, 5.41) is 3.41. The second kappa shape index (κ2) is 11.5. The number of rotatable bonds is 6. The molecule has 0 amide bonds. The highest BCUT2D eigenvalue weighted by molar-refractivity contribution is 5.74. The zero-order valence-corrected chi connectivity index (χ0v) is 16.7. The van der Waals surface area contributed by atoms with Crippen LogP contribution in [-0.4, -0.2) is 11.8 Å². The van der Waals surface area contributed by atoms with Crippen molar-refractivity contribution in [3.8, 4) is 11.8 Å². The number of anilines is 1. The summed E-state index contributed by atoms with van der Waals surface area (Å²) in [6.07, 6.45) is 5.03. The van der Waals surface area contributed by atoms with Gasteiger partial charge in [-0.15, -0.1) is 11.8 Å². The Kier molecular flexibility index (Phi) is 10.5. The Morgan fingerprint density at radius 1 is 1.25 bits per heavy atom. The summed E-state index contributed by atoms with van der Waals surface area (Å²) < 4.78 is 0. The van der Waals surface area contributed by atoms with E-state index in [1.54, 1.807) is 0 Å². The predicted molar refractivity (Wildman–Crippen MR) is 110 cm³/mol. The number of para-hydroxylation sites is 1. The summed E-state index contributed by atoms with van der Waals surface area (Å²) in [6, 6.07) is 8.30. The van der Waals surface area contributed by atoms with E-state index in [0.29, 0.717) is 5.92 Å². The largest absolute Gasteiger partial charge is 0.359 e. The molecule has 0 aliphatic heterocycles. The zero-order chi connectivity index (χ0) is 18.6. The van der Waals surface area contributed by atoms with Crippen LogP contribution in [0.1, 0.15) is 60.5 Å². The molecule has 132 valence electrons. The van der Waals surface area contributed by atoms with Gasteiger partial charge in [0.25, 0.3) is 0 Å². The lowest BCUT2D eigenvalue weighted by Gasteiger charge is -2.27. The molecule has 0 aliphatic carbocycles. The minimum Gasteiger partial charge on any atom is -0.359 e. The van der Waals surface area contributed by atoms with Crippen molar-refractivity contribution in [2.24, 2.45) is 10.9 Å². The molecule has 2 nitrogen and oxygen atoms in total. The van der Waals surface area contributed by atoms with Gasteiger partial charge in [0.1, 0.15) is 0 Å². The van der Waals surface area contributed by atoms with Crippen LogP contribution in [0.2, 0.25) is 0 Å². The maximum Gasteiger partial charge on any atom is 0.0600 e. The maximum atomic E-state index is 4.74. The van der Waals surface area contributed by atoms with Crippen molar-refractivity contribution >= 4 is 11.9 Å². The van der Waals surface area contributed by atoms with E-state index in [2.05, 4.69) is 76.9 Å². The van der Waals surface area contributed by atoms with Crippen LogP contribution in [0.3, 0.4) is 0 Å². The predicted octanol–water partition coefficient (Wildman–Crippen LogP) is 6.24. The molecule has 0 aromatic heterocycles. The molecular formula is C22H34N2. The molecule has 0 heterocycles. The van der Waals surface area contributed by atoms with Crippen molar-refractivity contribution in [3.63, 3.8) is 0 Å². The minimum absolute atomic E-state index is 0.0272. The number of nitrogens with zero attached hydrogens (tertiary/aromatic N) is 1. The van der Waals surface area contributed by atoms with Crippen LogP contribution in [0.15, 0.2) is 41.0 Å². The Labute approximate surface area is 149 Å². The normalized spacial score (nSPS) is 13.6. The molecule has 1 aromatic carbocycles. The van der Waals surface area contributed by atoms with Crippen LogP contribution in [-0.2, 0) is 0 Å². The summed E-state index contributed by atoms with van der Waals surface area (Å²) >= 11 is 0. The van der Waals surface area contributed by atoms with Crippen molar-refractivity contribution in [1.29, 1.82) is 0 Å². The summed E-state index contributed by atoms with van der Waals surface area (Å²) in [7, 11) is 0. The number of aliphatic imine (C=N–C) groups is 1. The van der Waals surface area contributed by atoms with Gasteiger partial charge in [-0.2, -0.15) is 0 Å². The van der Waals surface area contributed by atoms with Gasteiger partial charge in [-0.3, -0.25) is 4.99 Å². The molecule has 1 atom stereocenters. The molecule has 1 N–H and O–H groups in total. The van der Waals surface area contributed by atoms with Gasteiger partial charge >= 0.3 is 0 Å². The number of hydrogen-bond donors (Lipinski definition) is 1. The fourth-order valence-corrected chi connectivity index (χ4v) is 1.94. The Morgan fingerprint density at radius 3 is 2.29 bits per heavy atom. The van der Waals surface area contributed by atoms with E-state index < -0.39 is 0 Å². The van der Waals surface area contributed by atoms with Gasteiger partial charge in [-0.05, 0) is 64.7 Å². The number of aryl methyl sites for hydroxylation is 1. The first kappa shape index (κ1) is 22.0. The summed E-state index contributed by atoms with van der Waals surface area (Å²) in [4.78, 5) is 4.74. The van der Waals surface area contributed by atoms with E-state index >= 15 is 0 Å². The molecule has 1 rings (SSSR count). The van der Waals surface area contributed by atoms with Crippen LogP contribution in [0.4, 0.5) is 5.69 Å². The molecule has 2 heteroatoms. The number of benzene rings is 1. The number of nitrogens with one attached hydrogen (secondary N) is 1. The lowest BCUT2D eigenvalue weighted by atomic mass is 9.87. The highest BCUT2D eigenvalue weighted by Gasteiger charge is 2.23. The van der Waals surface area contributed by atoms with Gasteiger partial charge in [0.2, 0.25) is 0 Å². The first-order valence-corrected chi connectivity index (χ1v) is 8.69. The van der Waals surface area contributed by atoms with E-state index in [1.807, 2.05) is 32.2 Å². The molecule has 24 heavy (non-hydrogen) atoms. The Bertz CT molecular complexity index is 594. The van der Waals surface area contributed by atoms with Gasteiger partial charge in [0, 0.05) is 17.6 Å². The number of hydrogen-bond acceptors (Lipinski definition) is 2. The summed E-state index contributed by atoms with van der Waals surface area (Å²) in [6.45, 7) is 16.7. The first-order valence-electron chi connectivity index (χ1n) is 8.69. The molecule has 0 radical (unpaired) electrons. The standard InChI is InChI=1S/C18H28N2.C4H6/c1-7-18(6,14(2)3)19-13-12-16(5)20-17-11-9-8-10-15(17)4;1-3-4-2/h8-14,20H,7H2,1-6H3;1-2H3/b16-12-,19-13?;. The van der Waals surface area contributed by atoms with E-state index in [9.17, 15) is 0 Å². The molecule has 0 fully saturated rings. The van der Waals surface area contributed by atoms with Gasteiger partial charge in [-0.1, -0.05) is 39.0 Å². The second-order valence-electron chi connectivity index (χ2n) is 6.43. The molecule has 1 aromatic rings. The third-order valence-electron chi connectivity index (χ3n) is 4.38. The molecule has 0 aliphatic rings. The topological polar surface area (TPSA) is 24.4 Å². The van der Waals surface area contributed by atoms with Crippen LogP contribution < -0.4 is 5.32 Å². The van der Waals surface area contributed by atoms with Crippen molar-refractivity contribution in [2.45, 2.75) is 67.3 Å².